The molecule has 0 bridgehead atoms. The molecule has 12 heteroatoms. The molecule has 3 heterocycles. The van der Waals surface area contributed by atoms with Crippen LogP contribution in [-0.2, 0) is 11.3 Å². The number of anilines is 1. The average Bonchev–Trinajstić information content (AvgIpc) is 3.31. The molecule has 4 aromatic rings. The summed E-state index contributed by atoms with van der Waals surface area (Å²) in [5.74, 6) is -2.33. The molecule has 0 saturated heterocycles. The van der Waals surface area contributed by atoms with E-state index in [-0.39, 0.29) is 23.4 Å². The zero-order chi connectivity index (χ0) is 25.6. The molecule has 0 saturated carbocycles. The highest BCUT2D eigenvalue weighted by molar-refractivity contribution is 6.24. The summed E-state index contributed by atoms with van der Waals surface area (Å²) in [7, 11) is 0. The van der Waals surface area contributed by atoms with Gasteiger partial charge in [0, 0.05) is 18.0 Å². The van der Waals surface area contributed by atoms with Crippen LogP contribution in [0.15, 0.2) is 71.7 Å². The number of amides is 3. The smallest absolute Gasteiger partial charge is 0.324 e. The summed E-state index contributed by atoms with van der Waals surface area (Å²) in [6, 6.07) is 14.5. The van der Waals surface area contributed by atoms with E-state index in [2.05, 4.69) is 10.4 Å². The molecule has 0 fully saturated rings. The molecule has 3 amide bonds. The third-order valence-electron chi connectivity index (χ3n) is 5.90. The molecule has 2 aromatic carbocycles. The molecule has 0 radical (unpaired) electrons. The molecule has 1 N–H and O–H groups in total. The van der Waals surface area contributed by atoms with Crippen molar-refractivity contribution in [1.82, 2.24) is 19.1 Å². The van der Waals surface area contributed by atoms with E-state index in [4.69, 9.17) is 0 Å². The molecule has 12 nitrogen and oxygen atoms in total. The van der Waals surface area contributed by atoms with E-state index in [0.717, 1.165) is 6.07 Å². The minimum atomic E-state index is -1.23. The van der Waals surface area contributed by atoms with Gasteiger partial charge in [0.25, 0.3) is 17.5 Å². The van der Waals surface area contributed by atoms with E-state index >= 15 is 0 Å². The third-order valence-corrected chi connectivity index (χ3v) is 5.90. The van der Waals surface area contributed by atoms with Crippen molar-refractivity contribution in [3.63, 3.8) is 0 Å². The Morgan fingerprint density at radius 2 is 1.83 bits per heavy atom. The number of nitrogens with one attached hydrogen (secondary N) is 1. The lowest BCUT2D eigenvalue weighted by Crippen LogP contribution is -2.45. The zero-order valence-corrected chi connectivity index (χ0v) is 18.8. The third kappa shape index (κ3) is 3.70. The van der Waals surface area contributed by atoms with Gasteiger partial charge in [-0.25, -0.2) is 9.48 Å². The Bertz CT molecular complexity index is 1640. The van der Waals surface area contributed by atoms with Crippen molar-refractivity contribution in [3.05, 3.63) is 104 Å². The average molecular weight is 486 g/mol. The highest BCUT2D eigenvalue weighted by atomic mass is 16.6. The van der Waals surface area contributed by atoms with E-state index in [0.29, 0.717) is 21.8 Å². The monoisotopic (exact) mass is 486 g/mol. The first-order chi connectivity index (χ1) is 17.3. The Morgan fingerprint density at radius 1 is 1.06 bits per heavy atom. The van der Waals surface area contributed by atoms with Crippen LogP contribution in [0.3, 0.4) is 0 Å². The Hall–Kier alpha value is -5.13. The van der Waals surface area contributed by atoms with Crippen LogP contribution in [0.5, 0.6) is 0 Å². The van der Waals surface area contributed by atoms with Crippen molar-refractivity contribution < 1.29 is 19.3 Å². The molecule has 180 valence electrons. The van der Waals surface area contributed by atoms with Crippen LogP contribution in [0.25, 0.3) is 5.65 Å². The van der Waals surface area contributed by atoms with Crippen molar-refractivity contribution in [3.8, 4) is 0 Å². The van der Waals surface area contributed by atoms with Crippen molar-refractivity contribution in [2.24, 2.45) is 0 Å². The highest BCUT2D eigenvalue weighted by Crippen LogP contribution is 2.32. The van der Waals surface area contributed by atoms with Gasteiger partial charge in [0.05, 0.1) is 17.0 Å². The first kappa shape index (κ1) is 22.7. The summed E-state index contributed by atoms with van der Waals surface area (Å²) >= 11 is 0. The second-order valence-corrected chi connectivity index (χ2v) is 8.17. The molecule has 5 rings (SSSR count). The van der Waals surface area contributed by atoms with Gasteiger partial charge in [-0.3, -0.25) is 33.8 Å². The largest absolute Gasteiger partial charge is 0.350 e. The minimum Gasteiger partial charge on any atom is -0.324 e. The number of hydrogen-bond donors (Lipinski definition) is 1. The normalized spacial score (nSPS) is 13.6. The molecular formula is C24H18N6O6. The second-order valence-electron chi connectivity index (χ2n) is 8.17. The summed E-state index contributed by atoms with van der Waals surface area (Å²) in [5.41, 5.74) is 0.318. The predicted molar refractivity (Wildman–Crippen MR) is 127 cm³/mol. The number of carbonyl (C=O) groups is 3. The lowest BCUT2D eigenvalue weighted by molar-refractivity contribution is -0.385. The SMILES string of the molecule is CC(C(=O)Nc1cccc(Cn2nc3ccccn3c2=O)c1)N1C(=O)c2cccc([N+](=O)[O-])c2C1=O. The Kier molecular flexibility index (Phi) is 5.40. The fraction of sp³-hybridized carbons (Fsp3) is 0.125. The van der Waals surface area contributed by atoms with Crippen LogP contribution >= 0.6 is 0 Å². The molecule has 0 spiro atoms. The number of carbonyl (C=O) groups excluding carboxylic acids is 3. The molecule has 1 atom stereocenters. The first-order valence-electron chi connectivity index (χ1n) is 10.9. The summed E-state index contributed by atoms with van der Waals surface area (Å²) in [6.45, 7) is 1.52. The second kappa shape index (κ2) is 8.58. The number of fused-ring (bicyclic) bond motifs is 2. The molecule has 1 aliphatic rings. The number of nitro groups is 1. The molecule has 1 aliphatic heterocycles. The van der Waals surface area contributed by atoms with Crippen molar-refractivity contribution in [2.45, 2.75) is 19.5 Å². The van der Waals surface area contributed by atoms with E-state index in [9.17, 15) is 29.3 Å². The number of nitro benzene ring substituents is 1. The van der Waals surface area contributed by atoms with Gasteiger partial charge >= 0.3 is 5.69 Å². The number of pyridine rings is 1. The molecule has 2 aromatic heterocycles. The van der Waals surface area contributed by atoms with E-state index in [1.807, 2.05) is 0 Å². The number of rotatable bonds is 6. The van der Waals surface area contributed by atoms with Crippen molar-refractivity contribution in [1.29, 1.82) is 0 Å². The zero-order valence-electron chi connectivity index (χ0n) is 18.8. The van der Waals surface area contributed by atoms with Crippen LogP contribution < -0.4 is 11.0 Å². The van der Waals surface area contributed by atoms with Gasteiger partial charge in [-0.15, -0.1) is 5.10 Å². The summed E-state index contributed by atoms with van der Waals surface area (Å²) in [5, 5.41) is 18.3. The van der Waals surface area contributed by atoms with Gasteiger partial charge in [0.2, 0.25) is 5.91 Å². The maximum atomic E-state index is 12.9. The molecule has 0 aliphatic carbocycles. The van der Waals surface area contributed by atoms with E-state index < -0.39 is 34.4 Å². The van der Waals surface area contributed by atoms with Gasteiger partial charge in [0.1, 0.15) is 11.6 Å². The van der Waals surface area contributed by atoms with E-state index in [1.165, 1.54) is 28.1 Å². The standard InChI is InChI=1S/C24H18N6O6/c1-14(29-22(32)17-8-5-9-18(30(35)36)20(17)23(29)33)21(31)25-16-7-4-6-15(12-16)13-28-24(34)27-11-3-2-10-19(27)26-28/h2-12,14H,13H2,1H3,(H,25,31). The Morgan fingerprint density at radius 3 is 2.58 bits per heavy atom. The van der Waals surface area contributed by atoms with Crippen LogP contribution in [0.4, 0.5) is 11.4 Å². The number of imide groups is 1. The van der Waals surface area contributed by atoms with Gasteiger partial charge < -0.3 is 5.32 Å². The Labute approximate surface area is 202 Å². The lowest BCUT2D eigenvalue weighted by atomic mass is 10.1. The minimum absolute atomic E-state index is 0.117. The van der Waals surface area contributed by atoms with Gasteiger partial charge in [0.15, 0.2) is 5.65 Å². The maximum Gasteiger partial charge on any atom is 0.350 e. The topological polar surface area (TPSA) is 149 Å². The van der Waals surface area contributed by atoms with Gasteiger partial charge in [-0.2, -0.15) is 0 Å². The Balaban J connectivity index is 1.34. The van der Waals surface area contributed by atoms with Gasteiger partial charge in [-0.1, -0.05) is 24.3 Å². The van der Waals surface area contributed by atoms with E-state index in [1.54, 1.807) is 48.7 Å². The molecule has 1 unspecified atom stereocenters. The van der Waals surface area contributed by atoms with Crippen LogP contribution in [-0.4, -0.2) is 47.8 Å². The summed E-state index contributed by atoms with van der Waals surface area (Å²) in [4.78, 5) is 62.4. The van der Waals surface area contributed by atoms with Crippen molar-refractivity contribution >= 4 is 34.7 Å². The van der Waals surface area contributed by atoms with Gasteiger partial charge in [-0.05, 0) is 42.8 Å². The van der Waals surface area contributed by atoms with Crippen LogP contribution in [0.2, 0.25) is 0 Å². The number of aromatic nitrogens is 3. The summed E-state index contributed by atoms with van der Waals surface area (Å²) in [6.07, 6.45) is 1.62. The first-order valence-corrected chi connectivity index (χ1v) is 10.9. The maximum absolute atomic E-state index is 12.9. The fourth-order valence-corrected chi connectivity index (χ4v) is 4.14. The fourth-order valence-electron chi connectivity index (χ4n) is 4.14. The van der Waals surface area contributed by atoms with Crippen molar-refractivity contribution in [2.75, 3.05) is 5.32 Å². The lowest BCUT2D eigenvalue weighted by Gasteiger charge is -2.21. The predicted octanol–water partition coefficient (Wildman–Crippen LogP) is 2.08. The number of nitrogens with zero attached hydrogens (tertiary/aromatic N) is 5. The summed E-state index contributed by atoms with van der Waals surface area (Å²) < 4.78 is 2.71. The molecular weight excluding hydrogens is 468 g/mol. The van der Waals surface area contributed by atoms with Crippen LogP contribution in [0.1, 0.15) is 33.2 Å². The number of benzene rings is 2. The molecule has 36 heavy (non-hydrogen) atoms. The highest BCUT2D eigenvalue weighted by Gasteiger charge is 2.44. The van der Waals surface area contributed by atoms with Crippen LogP contribution in [0, 0.1) is 10.1 Å². The number of hydrogen-bond acceptors (Lipinski definition) is 7. The quantitative estimate of drug-likeness (QED) is 0.249.